The van der Waals surface area contributed by atoms with Gasteiger partial charge in [-0.15, -0.1) is 0 Å². The molecule has 3 aromatic rings. The number of nitrogens with one attached hydrogen (secondary N) is 1. The topological polar surface area (TPSA) is 45.2 Å². The molecule has 0 aliphatic carbocycles. The summed E-state index contributed by atoms with van der Waals surface area (Å²) in [5.74, 6) is -0.211. The molecular weight excluding hydrogens is 401 g/mol. The molecule has 0 radical (unpaired) electrons. The lowest BCUT2D eigenvalue weighted by Crippen LogP contribution is -2.48. The number of benzene rings is 2. The molecule has 1 saturated heterocycles. The summed E-state index contributed by atoms with van der Waals surface area (Å²) in [7, 11) is 0. The first-order valence-corrected chi connectivity index (χ1v) is 11.2. The number of carbonyl (C=O) groups is 1. The van der Waals surface area contributed by atoms with Crippen LogP contribution < -0.4 is 5.32 Å². The van der Waals surface area contributed by atoms with E-state index in [2.05, 4.69) is 16.4 Å². The highest BCUT2D eigenvalue weighted by molar-refractivity contribution is 5.79. The third-order valence-electron chi connectivity index (χ3n) is 6.44. The maximum absolute atomic E-state index is 14.9. The molecule has 0 spiro atoms. The number of urea groups is 1. The zero-order valence-corrected chi connectivity index (χ0v) is 17.9. The van der Waals surface area contributed by atoms with Gasteiger partial charge < -0.3 is 10.2 Å². The predicted octanol–water partition coefficient (Wildman–Crippen LogP) is 5.46. The second-order valence-corrected chi connectivity index (χ2v) is 8.47. The Hall–Kier alpha value is -3.47. The number of halogens is 1. The van der Waals surface area contributed by atoms with Gasteiger partial charge in [-0.3, -0.25) is 4.98 Å². The van der Waals surface area contributed by atoms with E-state index in [9.17, 15) is 9.18 Å². The van der Waals surface area contributed by atoms with Gasteiger partial charge in [0.15, 0.2) is 0 Å². The van der Waals surface area contributed by atoms with E-state index in [1.807, 2.05) is 65.6 Å². The average molecular weight is 428 g/mol. The average Bonchev–Trinajstić information content (AvgIpc) is 3.09. The van der Waals surface area contributed by atoms with E-state index in [0.717, 1.165) is 41.7 Å². The fraction of sp³-hybridized carbons (Fsp3) is 0.259. The number of hydrogen-bond acceptors (Lipinski definition) is 2. The number of pyridine rings is 1. The van der Waals surface area contributed by atoms with Crippen molar-refractivity contribution in [3.63, 3.8) is 0 Å². The van der Waals surface area contributed by atoms with Gasteiger partial charge in [-0.05, 0) is 54.2 Å². The van der Waals surface area contributed by atoms with Gasteiger partial charge in [0, 0.05) is 36.5 Å². The molecule has 2 aliphatic rings. The quantitative estimate of drug-likeness (QED) is 0.588. The Morgan fingerprint density at radius 3 is 2.62 bits per heavy atom. The van der Waals surface area contributed by atoms with Crippen molar-refractivity contribution in [2.75, 3.05) is 6.54 Å². The summed E-state index contributed by atoms with van der Waals surface area (Å²) < 4.78 is 14.9. The maximum atomic E-state index is 14.9. The fourth-order valence-electron chi connectivity index (χ4n) is 4.86. The number of rotatable bonds is 5. The van der Waals surface area contributed by atoms with Crippen LogP contribution in [0.5, 0.6) is 0 Å². The van der Waals surface area contributed by atoms with Crippen molar-refractivity contribution >= 4 is 11.6 Å². The SMILES string of the molecule is O=C(NCCc1ccccn1)N1C2C=C(c3ccc(-c4ccccc4)c(F)c3)CC1CC2. The molecule has 32 heavy (non-hydrogen) atoms. The number of fused-ring (bicyclic) bond motifs is 2. The van der Waals surface area contributed by atoms with E-state index < -0.39 is 0 Å². The first-order valence-electron chi connectivity index (χ1n) is 11.2. The van der Waals surface area contributed by atoms with Crippen LogP contribution in [0.3, 0.4) is 0 Å². The second kappa shape index (κ2) is 8.95. The van der Waals surface area contributed by atoms with Crippen molar-refractivity contribution in [2.24, 2.45) is 0 Å². The molecule has 2 aliphatic heterocycles. The summed E-state index contributed by atoms with van der Waals surface area (Å²) in [5, 5.41) is 3.05. The van der Waals surface area contributed by atoms with Crippen molar-refractivity contribution in [1.29, 1.82) is 0 Å². The van der Waals surface area contributed by atoms with Crippen LogP contribution in [0.1, 0.15) is 30.5 Å². The van der Waals surface area contributed by atoms with E-state index >= 15 is 0 Å². The number of hydrogen-bond donors (Lipinski definition) is 1. The number of carbonyl (C=O) groups excluding carboxylic acids is 1. The minimum absolute atomic E-state index is 0.0191. The van der Waals surface area contributed by atoms with Gasteiger partial charge in [-0.25, -0.2) is 9.18 Å². The van der Waals surface area contributed by atoms with Crippen molar-refractivity contribution in [2.45, 2.75) is 37.8 Å². The zero-order valence-electron chi connectivity index (χ0n) is 17.9. The standard InChI is InChI=1S/C27H26FN3O/c28-26-18-20(9-12-25(26)19-6-2-1-3-7-19)21-16-23-10-11-24(17-21)31(23)27(32)30-15-13-22-8-4-5-14-29-22/h1-9,12,14,16,18,23-24H,10-11,13,15,17H2,(H,30,32). The number of nitrogens with zero attached hydrogens (tertiary/aromatic N) is 2. The van der Waals surface area contributed by atoms with Crippen LogP contribution in [0.4, 0.5) is 9.18 Å². The van der Waals surface area contributed by atoms with Crippen LogP contribution in [0, 0.1) is 5.82 Å². The summed E-state index contributed by atoms with van der Waals surface area (Å²) in [6, 6.07) is 21.1. The first kappa shape index (κ1) is 20.4. The van der Waals surface area contributed by atoms with Crippen molar-refractivity contribution in [1.82, 2.24) is 15.2 Å². The van der Waals surface area contributed by atoms with Crippen molar-refractivity contribution in [3.8, 4) is 11.1 Å². The molecule has 2 amide bonds. The third kappa shape index (κ3) is 4.15. The summed E-state index contributed by atoms with van der Waals surface area (Å²) in [5.41, 5.74) is 4.51. The molecular formula is C27H26FN3O. The largest absolute Gasteiger partial charge is 0.338 e. The molecule has 1 N–H and O–H groups in total. The van der Waals surface area contributed by atoms with Gasteiger partial charge in [0.05, 0.1) is 6.04 Å². The van der Waals surface area contributed by atoms with Gasteiger partial charge in [0.25, 0.3) is 0 Å². The van der Waals surface area contributed by atoms with E-state index in [0.29, 0.717) is 18.5 Å². The third-order valence-corrected chi connectivity index (χ3v) is 6.44. The van der Waals surface area contributed by atoms with Crippen LogP contribution >= 0.6 is 0 Å². The lowest BCUT2D eigenvalue weighted by molar-refractivity contribution is 0.180. The maximum Gasteiger partial charge on any atom is 0.318 e. The van der Waals surface area contributed by atoms with Gasteiger partial charge in [0.2, 0.25) is 0 Å². The molecule has 2 unspecified atom stereocenters. The summed E-state index contributed by atoms with van der Waals surface area (Å²) in [6.45, 7) is 0.564. The molecule has 1 fully saturated rings. The van der Waals surface area contributed by atoms with E-state index in [4.69, 9.17) is 0 Å². The minimum atomic E-state index is -0.211. The summed E-state index contributed by atoms with van der Waals surface area (Å²) >= 11 is 0. The Bertz CT molecular complexity index is 1130. The predicted molar refractivity (Wildman–Crippen MR) is 124 cm³/mol. The Morgan fingerprint density at radius 2 is 1.88 bits per heavy atom. The van der Waals surface area contributed by atoms with Crippen molar-refractivity contribution in [3.05, 3.63) is 96.1 Å². The first-order chi connectivity index (χ1) is 15.7. The Labute approximate surface area is 187 Å². The molecule has 4 nitrogen and oxygen atoms in total. The molecule has 5 heteroatoms. The fourth-order valence-corrected chi connectivity index (χ4v) is 4.86. The highest BCUT2D eigenvalue weighted by Gasteiger charge is 2.39. The number of amides is 2. The Balaban J connectivity index is 1.27. The normalized spacial score (nSPS) is 19.5. The zero-order chi connectivity index (χ0) is 21.9. The monoisotopic (exact) mass is 427 g/mol. The molecule has 2 bridgehead atoms. The smallest absolute Gasteiger partial charge is 0.318 e. The van der Waals surface area contributed by atoms with E-state index in [-0.39, 0.29) is 23.9 Å². The van der Waals surface area contributed by atoms with Gasteiger partial charge in [0.1, 0.15) is 5.82 Å². The highest BCUT2D eigenvalue weighted by Crippen LogP contribution is 2.39. The lowest BCUT2D eigenvalue weighted by atomic mass is 9.93. The lowest BCUT2D eigenvalue weighted by Gasteiger charge is -2.34. The summed E-state index contributed by atoms with van der Waals surface area (Å²) in [4.78, 5) is 19.1. The van der Waals surface area contributed by atoms with Crippen LogP contribution in [0.2, 0.25) is 0 Å². The Kier molecular flexibility index (Phi) is 5.71. The molecule has 162 valence electrons. The molecule has 3 heterocycles. The van der Waals surface area contributed by atoms with Crippen LogP contribution in [-0.4, -0.2) is 34.5 Å². The molecule has 2 atom stereocenters. The van der Waals surface area contributed by atoms with Crippen LogP contribution in [0.25, 0.3) is 16.7 Å². The van der Waals surface area contributed by atoms with E-state index in [1.165, 1.54) is 0 Å². The van der Waals surface area contributed by atoms with Gasteiger partial charge >= 0.3 is 6.03 Å². The molecule has 1 aromatic heterocycles. The van der Waals surface area contributed by atoms with Gasteiger partial charge in [-0.1, -0.05) is 54.6 Å². The van der Waals surface area contributed by atoms with Crippen LogP contribution in [0.15, 0.2) is 79.0 Å². The molecule has 2 aromatic carbocycles. The van der Waals surface area contributed by atoms with Gasteiger partial charge in [-0.2, -0.15) is 0 Å². The molecule has 5 rings (SSSR count). The number of aromatic nitrogens is 1. The van der Waals surface area contributed by atoms with E-state index in [1.54, 1.807) is 12.3 Å². The Morgan fingerprint density at radius 1 is 1.03 bits per heavy atom. The molecule has 0 saturated carbocycles. The van der Waals surface area contributed by atoms with Crippen LogP contribution in [-0.2, 0) is 6.42 Å². The second-order valence-electron chi connectivity index (χ2n) is 8.47. The van der Waals surface area contributed by atoms with Crippen molar-refractivity contribution < 1.29 is 9.18 Å². The minimum Gasteiger partial charge on any atom is -0.338 e. The summed E-state index contributed by atoms with van der Waals surface area (Å²) in [6.07, 6.45) is 7.32. The highest BCUT2D eigenvalue weighted by atomic mass is 19.1.